The first-order valence-corrected chi connectivity index (χ1v) is 6.23. The van der Waals surface area contributed by atoms with Crippen molar-refractivity contribution in [1.29, 1.82) is 0 Å². The van der Waals surface area contributed by atoms with Crippen LogP contribution >= 0.6 is 11.6 Å². The van der Waals surface area contributed by atoms with E-state index in [1.54, 1.807) is 42.6 Å². The maximum Gasteiger partial charge on any atom is 0.315 e. The van der Waals surface area contributed by atoms with Crippen LogP contribution in [0.25, 0.3) is 0 Å². The zero-order valence-electron chi connectivity index (χ0n) is 10.7. The minimum atomic E-state index is -0.780. The van der Waals surface area contributed by atoms with Crippen molar-refractivity contribution < 1.29 is 9.59 Å². The Kier molecular flexibility index (Phi) is 4.32. The van der Waals surface area contributed by atoms with Crippen molar-refractivity contribution in [2.75, 3.05) is 10.6 Å². The zero-order valence-corrected chi connectivity index (χ0v) is 11.4. The molecule has 0 radical (unpaired) electrons. The lowest BCUT2D eigenvalue weighted by Crippen LogP contribution is -2.29. The number of hydrogen-bond donors (Lipinski definition) is 2. The second-order valence-electron chi connectivity index (χ2n) is 4.13. The number of nitrogens with zero attached hydrogens (tertiary/aromatic N) is 1. The zero-order chi connectivity index (χ0) is 14.5. The normalized spacial score (nSPS) is 9.90. The van der Waals surface area contributed by atoms with Crippen LogP contribution < -0.4 is 10.6 Å². The fraction of sp³-hybridized carbons (Fsp3) is 0.0714. The highest BCUT2D eigenvalue weighted by Crippen LogP contribution is 2.13. The quantitative estimate of drug-likeness (QED) is 0.835. The molecule has 0 fully saturated rings. The lowest BCUT2D eigenvalue weighted by Gasteiger charge is -2.06. The molecule has 0 spiro atoms. The summed E-state index contributed by atoms with van der Waals surface area (Å²) >= 11 is 5.73. The molecule has 2 aromatic rings. The number of halogens is 1. The van der Waals surface area contributed by atoms with Gasteiger partial charge in [-0.05, 0) is 48.9 Å². The molecule has 2 rings (SSSR count). The number of rotatable bonds is 2. The lowest BCUT2D eigenvalue weighted by molar-refractivity contribution is -0.133. The minimum absolute atomic E-state index is 0.334. The summed E-state index contributed by atoms with van der Waals surface area (Å²) in [7, 11) is 0. The topological polar surface area (TPSA) is 71.1 Å². The van der Waals surface area contributed by atoms with Gasteiger partial charge in [0.05, 0.1) is 0 Å². The summed E-state index contributed by atoms with van der Waals surface area (Å²) in [6.07, 6.45) is 1.56. The van der Waals surface area contributed by atoms with Crippen LogP contribution in [0.2, 0.25) is 5.02 Å². The largest absolute Gasteiger partial charge is 0.318 e. The fourth-order valence-electron chi connectivity index (χ4n) is 1.50. The maximum absolute atomic E-state index is 11.7. The number of carbonyl (C=O) groups is 2. The SMILES string of the molecule is Cc1ccnc(NC(=O)C(=O)Nc2ccc(Cl)cc2)c1. The fourth-order valence-corrected chi connectivity index (χ4v) is 1.62. The molecule has 0 saturated heterocycles. The molecule has 0 bridgehead atoms. The van der Waals surface area contributed by atoms with Crippen LogP contribution in [0.15, 0.2) is 42.6 Å². The molecule has 2 amide bonds. The molecule has 1 heterocycles. The van der Waals surface area contributed by atoms with Gasteiger partial charge < -0.3 is 10.6 Å². The Hall–Kier alpha value is -2.40. The predicted octanol–water partition coefficient (Wildman–Crippen LogP) is 2.62. The van der Waals surface area contributed by atoms with Crippen LogP contribution in [-0.2, 0) is 9.59 Å². The van der Waals surface area contributed by atoms with Gasteiger partial charge in [-0.15, -0.1) is 0 Å². The highest BCUT2D eigenvalue weighted by molar-refractivity contribution is 6.43. The standard InChI is InChI=1S/C14H12ClN3O2/c1-9-6-7-16-12(8-9)18-14(20)13(19)17-11-4-2-10(15)3-5-11/h2-8H,1H3,(H,17,19)(H,16,18,20). The first-order chi connectivity index (χ1) is 9.54. The molecular formula is C14H12ClN3O2. The molecule has 0 saturated carbocycles. The van der Waals surface area contributed by atoms with Gasteiger partial charge in [-0.3, -0.25) is 9.59 Å². The summed E-state index contributed by atoms with van der Waals surface area (Å²) in [5, 5.41) is 5.44. The van der Waals surface area contributed by atoms with E-state index in [9.17, 15) is 9.59 Å². The first kappa shape index (κ1) is 14.0. The second-order valence-corrected chi connectivity index (χ2v) is 4.57. The number of aromatic nitrogens is 1. The van der Waals surface area contributed by atoms with E-state index in [1.165, 1.54) is 0 Å². The van der Waals surface area contributed by atoms with Gasteiger partial charge in [-0.1, -0.05) is 11.6 Å². The van der Waals surface area contributed by atoms with Gasteiger partial charge in [-0.2, -0.15) is 0 Å². The number of benzene rings is 1. The van der Waals surface area contributed by atoms with E-state index in [0.717, 1.165) is 5.56 Å². The van der Waals surface area contributed by atoms with E-state index in [1.807, 2.05) is 6.92 Å². The molecule has 5 nitrogen and oxygen atoms in total. The third kappa shape index (κ3) is 3.80. The molecule has 0 aliphatic heterocycles. The summed E-state index contributed by atoms with van der Waals surface area (Å²) < 4.78 is 0. The van der Waals surface area contributed by atoms with Crippen molar-refractivity contribution in [1.82, 2.24) is 4.98 Å². The molecule has 0 aliphatic rings. The van der Waals surface area contributed by atoms with Crippen molar-refractivity contribution in [3.05, 3.63) is 53.2 Å². The van der Waals surface area contributed by atoms with Gasteiger partial charge >= 0.3 is 11.8 Å². The summed E-state index contributed by atoms with van der Waals surface area (Å²) in [6, 6.07) is 9.93. The van der Waals surface area contributed by atoms with E-state index in [0.29, 0.717) is 16.5 Å². The Labute approximate surface area is 121 Å². The van der Waals surface area contributed by atoms with Crippen LogP contribution in [0.3, 0.4) is 0 Å². The van der Waals surface area contributed by atoms with E-state index in [-0.39, 0.29) is 0 Å². The van der Waals surface area contributed by atoms with Gasteiger partial charge in [0.25, 0.3) is 0 Å². The highest BCUT2D eigenvalue weighted by atomic mass is 35.5. The lowest BCUT2D eigenvalue weighted by atomic mass is 10.3. The van der Waals surface area contributed by atoms with Gasteiger partial charge in [0.1, 0.15) is 5.82 Å². The number of hydrogen-bond acceptors (Lipinski definition) is 3. The molecule has 1 aromatic heterocycles. The number of nitrogens with one attached hydrogen (secondary N) is 2. The average Bonchev–Trinajstić information content (AvgIpc) is 2.41. The molecule has 0 atom stereocenters. The van der Waals surface area contributed by atoms with Crippen molar-refractivity contribution in [2.45, 2.75) is 6.92 Å². The molecule has 102 valence electrons. The average molecular weight is 290 g/mol. The van der Waals surface area contributed by atoms with Gasteiger partial charge in [-0.25, -0.2) is 4.98 Å². The van der Waals surface area contributed by atoms with E-state index >= 15 is 0 Å². The Morgan fingerprint density at radius 3 is 2.35 bits per heavy atom. The first-order valence-electron chi connectivity index (χ1n) is 5.85. The van der Waals surface area contributed by atoms with Crippen LogP contribution in [0.4, 0.5) is 11.5 Å². The van der Waals surface area contributed by atoms with Gasteiger partial charge in [0, 0.05) is 16.9 Å². The monoisotopic (exact) mass is 289 g/mol. The summed E-state index contributed by atoms with van der Waals surface area (Å²) in [5.74, 6) is -1.21. The van der Waals surface area contributed by atoms with E-state index in [2.05, 4.69) is 15.6 Å². The maximum atomic E-state index is 11.7. The minimum Gasteiger partial charge on any atom is -0.318 e. The Balaban J connectivity index is 1.98. The van der Waals surface area contributed by atoms with Crippen molar-refractivity contribution >= 4 is 34.9 Å². The molecule has 0 unspecified atom stereocenters. The van der Waals surface area contributed by atoms with Crippen LogP contribution in [0.5, 0.6) is 0 Å². The molecule has 20 heavy (non-hydrogen) atoms. The summed E-state index contributed by atoms with van der Waals surface area (Å²) in [4.78, 5) is 27.4. The molecule has 1 aromatic carbocycles. The Bertz CT molecular complexity index is 641. The van der Waals surface area contributed by atoms with Crippen LogP contribution in [-0.4, -0.2) is 16.8 Å². The molecule has 2 N–H and O–H groups in total. The Morgan fingerprint density at radius 1 is 1.05 bits per heavy atom. The third-order valence-corrected chi connectivity index (χ3v) is 2.72. The molecule has 6 heteroatoms. The number of amides is 2. The van der Waals surface area contributed by atoms with Crippen molar-refractivity contribution in [3.8, 4) is 0 Å². The van der Waals surface area contributed by atoms with E-state index < -0.39 is 11.8 Å². The van der Waals surface area contributed by atoms with Gasteiger partial charge in [0.2, 0.25) is 0 Å². The molecular weight excluding hydrogens is 278 g/mol. The van der Waals surface area contributed by atoms with Crippen LogP contribution in [0.1, 0.15) is 5.56 Å². The van der Waals surface area contributed by atoms with Crippen LogP contribution in [0, 0.1) is 6.92 Å². The number of carbonyl (C=O) groups excluding carboxylic acids is 2. The number of aryl methyl sites for hydroxylation is 1. The van der Waals surface area contributed by atoms with Gasteiger partial charge in [0.15, 0.2) is 0 Å². The second kappa shape index (κ2) is 6.16. The Morgan fingerprint density at radius 2 is 1.70 bits per heavy atom. The predicted molar refractivity (Wildman–Crippen MR) is 77.7 cm³/mol. The summed E-state index contributed by atoms with van der Waals surface area (Å²) in [5.41, 5.74) is 1.43. The third-order valence-electron chi connectivity index (χ3n) is 2.47. The molecule has 0 aliphatic carbocycles. The van der Waals surface area contributed by atoms with E-state index in [4.69, 9.17) is 11.6 Å². The number of anilines is 2. The summed E-state index contributed by atoms with van der Waals surface area (Å²) in [6.45, 7) is 1.87. The van der Waals surface area contributed by atoms with Crippen molar-refractivity contribution in [3.63, 3.8) is 0 Å². The number of pyridine rings is 1. The highest BCUT2D eigenvalue weighted by Gasteiger charge is 2.14. The van der Waals surface area contributed by atoms with Crippen molar-refractivity contribution in [2.24, 2.45) is 0 Å². The smallest absolute Gasteiger partial charge is 0.315 e.